The standard InChI is InChI=1S/C15H21N3O/c1-10-17-12-8-11(6-7-13(12)18(10)5)14(19)16-9-15(2,3)4/h6-8H,9H2,1-5H3,(H,16,19). The van der Waals surface area contributed by atoms with E-state index in [9.17, 15) is 4.79 Å². The van der Waals surface area contributed by atoms with Crippen molar-refractivity contribution in [3.05, 3.63) is 29.6 Å². The van der Waals surface area contributed by atoms with Crippen molar-refractivity contribution in [1.29, 1.82) is 0 Å². The zero-order chi connectivity index (χ0) is 14.2. The number of rotatable bonds is 2. The van der Waals surface area contributed by atoms with Crippen LogP contribution in [0.15, 0.2) is 18.2 Å². The molecule has 0 radical (unpaired) electrons. The largest absolute Gasteiger partial charge is 0.352 e. The van der Waals surface area contributed by atoms with Crippen LogP contribution in [0.1, 0.15) is 37.0 Å². The van der Waals surface area contributed by atoms with Gasteiger partial charge in [-0.1, -0.05) is 20.8 Å². The summed E-state index contributed by atoms with van der Waals surface area (Å²) in [7, 11) is 1.98. The molecule has 2 rings (SSSR count). The zero-order valence-corrected chi connectivity index (χ0v) is 12.2. The first kappa shape index (κ1) is 13.6. The molecular weight excluding hydrogens is 238 g/mol. The van der Waals surface area contributed by atoms with E-state index in [-0.39, 0.29) is 11.3 Å². The van der Waals surface area contributed by atoms with Crippen LogP contribution in [0.25, 0.3) is 11.0 Å². The van der Waals surface area contributed by atoms with Gasteiger partial charge in [0.1, 0.15) is 5.82 Å². The minimum absolute atomic E-state index is 0.0415. The Morgan fingerprint density at radius 2 is 2.05 bits per heavy atom. The van der Waals surface area contributed by atoms with Gasteiger partial charge >= 0.3 is 0 Å². The molecule has 0 aliphatic carbocycles. The highest BCUT2D eigenvalue weighted by Gasteiger charge is 2.14. The quantitative estimate of drug-likeness (QED) is 0.901. The van der Waals surface area contributed by atoms with E-state index in [4.69, 9.17) is 0 Å². The molecule has 1 N–H and O–H groups in total. The summed E-state index contributed by atoms with van der Waals surface area (Å²) in [5, 5.41) is 2.95. The maximum Gasteiger partial charge on any atom is 0.251 e. The van der Waals surface area contributed by atoms with Crippen LogP contribution in [0.2, 0.25) is 0 Å². The molecule has 0 fully saturated rings. The third-order valence-corrected chi connectivity index (χ3v) is 3.15. The SMILES string of the molecule is Cc1nc2cc(C(=O)NCC(C)(C)C)ccc2n1C. The number of nitrogens with one attached hydrogen (secondary N) is 1. The third kappa shape index (κ3) is 2.95. The summed E-state index contributed by atoms with van der Waals surface area (Å²) in [5.74, 6) is 0.905. The predicted molar refractivity (Wildman–Crippen MR) is 77.2 cm³/mol. The lowest BCUT2D eigenvalue weighted by Crippen LogP contribution is -2.32. The molecule has 0 spiro atoms. The van der Waals surface area contributed by atoms with E-state index in [1.54, 1.807) is 0 Å². The van der Waals surface area contributed by atoms with E-state index in [1.807, 2.05) is 36.7 Å². The number of amides is 1. The van der Waals surface area contributed by atoms with Gasteiger partial charge in [0.15, 0.2) is 0 Å². The molecule has 4 nitrogen and oxygen atoms in total. The van der Waals surface area contributed by atoms with E-state index in [0.717, 1.165) is 16.9 Å². The second-order valence-electron chi connectivity index (χ2n) is 6.16. The first-order chi connectivity index (χ1) is 8.78. The minimum atomic E-state index is -0.0415. The molecule has 0 atom stereocenters. The van der Waals surface area contributed by atoms with Crippen molar-refractivity contribution in [3.8, 4) is 0 Å². The van der Waals surface area contributed by atoms with E-state index in [1.165, 1.54) is 0 Å². The van der Waals surface area contributed by atoms with Crippen LogP contribution in [0, 0.1) is 12.3 Å². The number of fused-ring (bicyclic) bond motifs is 1. The highest BCUT2D eigenvalue weighted by molar-refractivity contribution is 5.97. The lowest BCUT2D eigenvalue weighted by Gasteiger charge is -2.18. The molecular formula is C15H21N3O. The van der Waals surface area contributed by atoms with Gasteiger partial charge < -0.3 is 9.88 Å². The number of hydrogen-bond donors (Lipinski definition) is 1. The average Bonchev–Trinajstić information content (AvgIpc) is 2.61. The molecule has 1 heterocycles. The predicted octanol–water partition coefficient (Wildman–Crippen LogP) is 2.66. The van der Waals surface area contributed by atoms with Gasteiger partial charge in [0.2, 0.25) is 0 Å². The monoisotopic (exact) mass is 259 g/mol. The highest BCUT2D eigenvalue weighted by atomic mass is 16.1. The first-order valence-corrected chi connectivity index (χ1v) is 6.49. The van der Waals surface area contributed by atoms with Crippen molar-refractivity contribution in [2.45, 2.75) is 27.7 Å². The molecule has 19 heavy (non-hydrogen) atoms. The Bertz CT molecular complexity index is 620. The lowest BCUT2D eigenvalue weighted by atomic mass is 9.97. The van der Waals surface area contributed by atoms with Gasteiger partial charge in [-0.2, -0.15) is 0 Å². The molecule has 0 saturated heterocycles. The summed E-state index contributed by atoms with van der Waals surface area (Å²) < 4.78 is 2.02. The molecule has 4 heteroatoms. The summed E-state index contributed by atoms with van der Waals surface area (Å²) in [6.45, 7) is 8.90. The molecule has 1 aromatic heterocycles. The van der Waals surface area contributed by atoms with Crippen LogP contribution < -0.4 is 5.32 Å². The summed E-state index contributed by atoms with van der Waals surface area (Å²) >= 11 is 0. The van der Waals surface area contributed by atoms with Crippen molar-refractivity contribution in [2.24, 2.45) is 12.5 Å². The van der Waals surface area contributed by atoms with Crippen molar-refractivity contribution < 1.29 is 4.79 Å². The molecule has 0 aliphatic rings. The van der Waals surface area contributed by atoms with Gasteiger partial charge in [-0.3, -0.25) is 4.79 Å². The third-order valence-electron chi connectivity index (χ3n) is 3.15. The Balaban J connectivity index is 2.24. The number of aromatic nitrogens is 2. The maximum atomic E-state index is 12.1. The first-order valence-electron chi connectivity index (χ1n) is 6.49. The number of nitrogens with zero attached hydrogens (tertiary/aromatic N) is 2. The van der Waals surface area contributed by atoms with Gasteiger partial charge in [0.05, 0.1) is 11.0 Å². The number of carbonyl (C=O) groups excluding carboxylic acids is 1. The fourth-order valence-corrected chi connectivity index (χ4v) is 1.91. The number of carbonyl (C=O) groups is 1. The number of benzene rings is 1. The molecule has 0 aliphatic heterocycles. The molecule has 0 saturated carbocycles. The zero-order valence-electron chi connectivity index (χ0n) is 12.2. The Labute approximate surface area is 113 Å². The van der Waals surface area contributed by atoms with Gasteiger partial charge in [-0.25, -0.2) is 4.98 Å². The summed E-state index contributed by atoms with van der Waals surface area (Å²) in [6.07, 6.45) is 0. The molecule has 0 unspecified atom stereocenters. The summed E-state index contributed by atoms with van der Waals surface area (Å²) in [4.78, 5) is 16.5. The second-order valence-corrected chi connectivity index (χ2v) is 6.16. The summed E-state index contributed by atoms with van der Waals surface area (Å²) in [6, 6.07) is 5.64. The average molecular weight is 259 g/mol. The second kappa shape index (κ2) is 4.68. The van der Waals surface area contributed by atoms with E-state index in [0.29, 0.717) is 12.1 Å². The number of imidazole rings is 1. The van der Waals surface area contributed by atoms with Crippen molar-refractivity contribution >= 4 is 16.9 Å². The van der Waals surface area contributed by atoms with Crippen LogP contribution in [-0.2, 0) is 7.05 Å². The Morgan fingerprint density at radius 1 is 1.37 bits per heavy atom. The van der Waals surface area contributed by atoms with Crippen LogP contribution in [0.5, 0.6) is 0 Å². The molecule has 102 valence electrons. The normalized spacial score (nSPS) is 11.8. The van der Waals surface area contributed by atoms with Gasteiger partial charge in [0.25, 0.3) is 5.91 Å². The number of aryl methyl sites for hydroxylation is 2. The Morgan fingerprint density at radius 3 is 2.68 bits per heavy atom. The molecule has 2 aromatic rings. The fraction of sp³-hybridized carbons (Fsp3) is 0.467. The minimum Gasteiger partial charge on any atom is -0.352 e. The van der Waals surface area contributed by atoms with E-state index in [2.05, 4.69) is 31.1 Å². The molecule has 1 aromatic carbocycles. The highest BCUT2D eigenvalue weighted by Crippen LogP contribution is 2.17. The van der Waals surface area contributed by atoms with Crippen LogP contribution in [0.3, 0.4) is 0 Å². The van der Waals surface area contributed by atoms with Gasteiger partial charge in [0, 0.05) is 19.2 Å². The maximum absolute atomic E-state index is 12.1. The topological polar surface area (TPSA) is 46.9 Å². The smallest absolute Gasteiger partial charge is 0.251 e. The lowest BCUT2D eigenvalue weighted by molar-refractivity contribution is 0.0939. The molecule has 0 bridgehead atoms. The molecule has 1 amide bonds. The van der Waals surface area contributed by atoms with E-state index < -0.39 is 0 Å². The Kier molecular flexibility index (Phi) is 3.35. The van der Waals surface area contributed by atoms with Crippen molar-refractivity contribution in [3.63, 3.8) is 0 Å². The van der Waals surface area contributed by atoms with Crippen LogP contribution >= 0.6 is 0 Å². The van der Waals surface area contributed by atoms with E-state index >= 15 is 0 Å². The van der Waals surface area contributed by atoms with Gasteiger partial charge in [-0.15, -0.1) is 0 Å². The number of hydrogen-bond acceptors (Lipinski definition) is 2. The fourth-order valence-electron chi connectivity index (χ4n) is 1.91. The Hall–Kier alpha value is -1.84. The van der Waals surface area contributed by atoms with Crippen LogP contribution in [0.4, 0.5) is 0 Å². The van der Waals surface area contributed by atoms with Crippen LogP contribution in [-0.4, -0.2) is 22.0 Å². The van der Waals surface area contributed by atoms with Crippen molar-refractivity contribution in [1.82, 2.24) is 14.9 Å². The van der Waals surface area contributed by atoms with Crippen molar-refractivity contribution in [2.75, 3.05) is 6.54 Å². The summed E-state index contributed by atoms with van der Waals surface area (Å²) in [5.41, 5.74) is 2.66. The van der Waals surface area contributed by atoms with Gasteiger partial charge in [-0.05, 0) is 30.5 Å².